The molecule has 1 unspecified atom stereocenters. The molecule has 6 heteroatoms. The van der Waals surface area contributed by atoms with Gasteiger partial charge in [-0.25, -0.2) is 4.98 Å². The first-order valence-corrected chi connectivity index (χ1v) is 7.16. The third kappa shape index (κ3) is 2.27. The molecule has 1 aliphatic rings. The number of hydrogen-bond donors (Lipinski definition) is 2. The molecule has 2 N–H and O–H groups in total. The van der Waals surface area contributed by atoms with Gasteiger partial charge in [-0.15, -0.1) is 0 Å². The molecular formula is C14H16ClN3O2. The minimum atomic E-state index is -0.190. The number of fused-ring (bicyclic) bond motifs is 1. The van der Waals surface area contributed by atoms with Crippen LogP contribution in [0.1, 0.15) is 25.3 Å². The molecule has 5 nitrogen and oxygen atoms in total. The van der Waals surface area contributed by atoms with Crippen molar-refractivity contribution in [3.63, 3.8) is 0 Å². The lowest BCUT2D eigenvalue weighted by molar-refractivity contribution is 0.446. The zero-order valence-corrected chi connectivity index (χ0v) is 11.7. The van der Waals surface area contributed by atoms with Gasteiger partial charge in [0.1, 0.15) is 11.3 Å². The third-order valence-corrected chi connectivity index (χ3v) is 4.02. The summed E-state index contributed by atoms with van der Waals surface area (Å²) >= 11 is 6.18. The Morgan fingerprint density at radius 3 is 3.10 bits per heavy atom. The topological polar surface area (TPSA) is 67.1 Å². The third-order valence-electron chi connectivity index (χ3n) is 3.75. The van der Waals surface area contributed by atoms with Crippen molar-refractivity contribution in [1.82, 2.24) is 14.9 Å². The summed E-state index contributed by atoms with van der Waals surface area (Å²) in [7, 11) is 0. The maximum Gasteiger partial charge on any atom is 0.262 e. The number of benzene rings is 1. The van der Waals surface area contributed by atoms with E-state index >= 15 is 0 Å². The van der Waals surface area contributed by atoms with Gasteiger partial charge in [0.05, 0.1) is 11.4 Å². The minimum absolute atomic E-state index is 0.0109. The number of aromatic nitrogens is 2. The van der Waals surface area contributed by atoms with Crippen LogP contribution in [-0.4, -0.2) is 27.7 Å². The van der Waals surface area contributed by atoms with Crippen molar-refractivity contribution in [3.05, 3.63) is 33.8 Å². The SMILES string of the molecule is O=c1c2cccc(O)c2nc(Cl)n1C1CCCCNC1. The van der Waals surface area contributed by atoms with Crippen LogP contribution in [0.5, 0.6) is 5.75 Å². The second-order valence-electron chi connectivity index (χ2n) is 5.08. The van der Waals surface area contributed by atoms with Crippen LogP contribution < -0.4 is 10.9 Å². The Bertz CT molecular complexity index is 691. The highest BCUT2D eigenvalue weighted by Gasteiger charge is 2.20. The van der Waals surface area contributed by atoms with E-state index in [0.717, 1.165) is 25.8 Å². The number of phenols is 1. The Morgan fingerprint density at radius 1 is 1.40 bits per heavy atom. The predicted octanol–water partition coefficient (Wildman–Crippen LogP) is 2.07. The van der Waals surface area contributed by atoms with Crippen LogP contribution in [0.2, 0.25) is 5.28 Å². The smallest absolute Gasteiger partial charge is 0.262 e. The van der Waals surface area contributed by atoms with Gasteiger partial charge in [0.15, 0.2) is 0 Å². The van der Waals surface area contributed by atoms with Crippen molar-refractivity contribution >= 4 is 22.5 Å². The van der Waals surface area contributed by atoms with E-state index in [0.29, 0.717) is 11.9 Å². The van der Waals surface area contributed by atoms with E-state index in [9.17, 15) is 9.90 Å². The Labute approximate surface area is 121 Å². The van der Waals surface area contributed by atoms with Gasteiger partial charge in [0.2, 0.25) is 5.28 Å². The predicted molar refractivity (Wildman–Crippen MR) is 78.4 cm³/mol. The number of para-hydroxylation sites is 1. The molecule has 3 rings (SSSR count). The van der Waals surface area contributed by atoms with Gasteiger partial charge in [-0.2, -0.15) is 0 Å². The lowest BCUT2D eigenvalue weighted by Gasteiger charge is -2.19. The van der Waals surface area contributed by atoms with Crippen LogP contribution in [0.4, 0.5) is 0 Å². The van der Waals surface area contributed by atoms with Crippen LogP contribution in [0, 0.1) is 0 Å². The first kappa shape index (κ1) is 13.4. The Hall–Kier alpha value is -1.59. The van der Waals surface area contributed by atoms with E-state index in [1.54, 1.807) is 16.7 Å². The Balaban J connectivity index is 2.18. The lowest BCUT2D eigenvalue weighted by Crippen LogP contribution is -2.32. The summed E-state index contributed by atoms with van der Waals surface area (Å²) in [5.41, 5.74) is 0.0740. The first-order valence-electron chi connectivity index (χ1n) is 6.79. The average molecular weight is 294 g/mol. The summed E-state index contributed by atoms with van der Waals surface area (Å²) in [6, 6.07) is 4.82. The van der Waals surface area contributed by atoms with Crippen LogP contribution >= 0.6 is 11.6 Å². The number of nitrogens with zero attached hydrogens (tertiary/aromatic N) is 2. The van der Waals surface area contributed by atoms with Gasteiger partial charge in [0, 0.05) is 6.54 Å². The number of halogens is 1. The zero-order chi connectivity index (χ0) is 14.1. The summed E-state index contributed by atoms with van der Waals surface area (Å²) < 4.78 is 1.54. The average Bonchev–Trinajstić information content (AvgIpc) is 2.69. The van der Waals surface area contributed by atoms with E-state index < -0.39 is 0 Å². The molecule has 1 aliphatic heterocycles. The van der Waals surface area contributed by atoms with Crippen molar-refractivity contribution in [2.24, 2.45) is 0 Å². The molecule has 1 saturated heterocycles. The van der Waals surface area contributed by atoms with Crippen LogP contribution in [-0.2, 0) is 0 Å². The molecule has 0 bridgehead atoms. The zero-order valence-electron chi connectivity index (χ0n) is 11.0. The van der Waals surface area contributed by atoms with E-state index in [-0.39, 0.29) is 28.2 Å². The molecule has 2 heterocycles. The Morgan fingerprint density at radius 2 is 2.25 bits per heavy atom. The van der Waals surface area contributed by atoms with Crippen molar-refractivity contribution < 1.29 is 5.11 Å². The standard InChI is InChI=1S/C14H16ClN3O2/c15-14-17-12-10(5-3-6-11(12)19)13(20)18(14)9-4-1-2-7-16-8-9/h3,5-6,9,16,19H,1-2,4,7-8H2. The molecule has 1 aromatic heterocycles. The summed E-state index contributed by atoms with van der Waals surface area (Å²) in [5, 5.41) is 13.6. The summed E-state index contributed by atoms with van der Waals surface area (Å²) in [5.74, 6) is -0.0207. The van der Waals surface area contributed by atoms with E-state index in [1.165, 1.54) is 6.07 Å². The second kappa shape index (κ2) is 5.42. The summed E-state index contributed by atoms with van der Waals surface area (Å²) in [6.45, 7) is 1.68. The summed E-state index contributed by atoms with van der Waals surface area (Å²) in [4.78, 5) is 16.8. The number of hydrogen-bond acceptors (Lipinski definition) is 4. The molecule has 2 aromatic rings. The largest absolute Gasteiger partial charge is 0.506 e. The Kier molecular flexibility index (Phi) is 3.63. The van der Waals surface area contributed by atoms with Crippen molar-refractivity contribution in [2.75, 3.05) is 13.1 Å². The van der Waals surface area contributed by atoms with Crippen LogP contribution in [0.15, 0.2) is 23.0 Å². The molecule has 0 spiro atoms. The fourth-order valence-corrected chi connectivity index (χ4v) is 3.02. The minimum Gasteiger partial charge on any atom is -0.506 e. The van der Waals surface area contributed by atoms with Crippen molar-refractivity contribution in [1.29, 1.82) is 0 Å². The van der Waals surface area contributed by atoms with Gasteiger partial charge >= 0.3 is 0 Å². The molecule has 1 atom stereocenters. The van der Waals surface area contributed by atoms with Gasteiger partial charge in [-0.05, 0) is 43.1 Å². The number of rotatable bonds is 1. The quantitative estimate of drug-likeness (QED) is 0.790. The van der Waals surface area contributed by atoms with Crippen LogP contribution in [0.25, 0.3) is 10.9 Å². The molecule has 20 heavy (non-hydrogen) atoms. The van der Waals surface area contributed by atoms with Crippen molar-refractivity contribution in [2.45, 2.75) is 25.3 Å². The molecule has 0 amide bonds. The van der Waals surface area contributed by atoms with Gasteiger partial charge in [0.25, 0.3) is 5.56 Å². The maximum absolute atomic E-state index is 12.6. The number of nitrogens with one attached hydrogen (secondary N) is 1. The van der Waals surface area contributed by atoms with E-state index in [2.05, 4.69) is 10.3 Å². The van der Waals surface area contributed by atoms with E-state index in [1.807, 2.05) is 0 Å². The van der Waals surface area contributed by atoms with Gasteiger partial charge < -0.3 is 10.4 Å². The maximum atomic E-state index is 12.6. The second-order valence-corrected chi connectivity index (χ2v) is 5.42. The summed E-state index contributed by atoms with van der Waals surface area (Å²) in [6.07, 6.45) is 3.06. The van der Waals surface area contributed by atoms with Crippen LogP contribution in [0.3, 0.4) is 0 Å². The molecule has 0 aliphatic carbocycles. The lowest BCUT2D eigenvalue weighted by atomic mass is 10.1. The number of aromatic hydroxyl groups is 1. The van der Waals surface area contributed by atoms with Crippen molar-refractivity contribution in [3.8, 4) is 5.75 Å². The fraction of sp³-hybridized carbons (Fsp3) is 0.429. The highest BCUT2D eigenvalue weighted by atomic mass is 35.5. The highest BCUT2D eigenvalue weighted by Crippen LogP contribution is 2.24. The molecular weight excluding hydrogens is 278 g/mol. The van der Waals surface area contributed by atoms with Gasteiger partial charge in [-0.3, -0.25) is 9.36 Å². The molecule has 1 aromatic carbocycles. The highest BCUT2D eigenvalue weighted by molar-refractivity contribution is 6.28. The molecule has 106 valence electrons. The first-order chi connectivity index (χ1) is 9.68. The molecule has 0 radical (unpaired) electrons. The normalized spacial score (nSPS) is 19.9. The monoisotopic (exact) mass is 293 g/mol. The van der Waals surface area contributed by atoms with E-state index in [4.69, 9.17) is 11.6 Å². The number of phenolic OH excluding ortho intramolecular Hbond substituents is 1. The molecule has 0 saturated carbocycles. The fourth-order valence-electron chi connectivity index (χ4n) is 2.72. The van der Waals surface area contributed by atoms with Gasteiger partial charge in [-0.1, -0.05) is 12.5 Å². The molecule has 1 fully saturated rings.